The minimum Gasteiger partial charge on any atom is -0.322 e. The van der Waals surface area contributed by atoms with Gasteiger partial charge in [0.2, 0.25) is 5.82 Å². The Morgan fingerprint density at radius 2 is 1.97 bits per heavy atom. The molecule has 32 heavy (non-hydrogen) atoms. The lowest BCUT2D eigenvalue weighted by molar-refractivity contribution is -0.134. The fourth-order valence-corrected chi connectivity index (χ4v) is 4.83. The lowest BCUT2D eigenvalue weighted by Crippen LogP contribution is -2.51. The molecule has 1 aromatic carbocycles. The van der Waals surface area contributed by atoms with Gasteiger partial charge in [-0.25, -0.2) is 24.3 Å². The molecule has 1 aliphatic heterocycles. The van der Waals surface area contributed by atoms with Crippen LogP contribution in [0.25, 0.3) is 16.4 Å². The topological polar surface area (TPSA) is 109 Å². The fourth-order valence-electron chi connectivity index (χ4n) is 4.13. The van der Waals surface area contributed by atoms with Crippen LogP contribution in [0.2, 0.25) is 0 Å². The van der Waals surface area contributed by atoms with Crippen molar-refractivity contribution in [2.45, 2.75) is 37.6 Å². The summed E-state index contributed by atoms with van der Waals surface area (Å²) in [6.45, 7) is 0. The summed E-state index contributed by atoms with van der Waals surface area (Å²) in [6.07, 6.45) is 3.75. The number of aromatic nitrogens is 3. The third-order valence-corrected chi connectivity index (χ3v) is 6.55. The van der Waals surface area contributed by atoms with Crippen molar-refractivity contribution in [3.63, 3.8) is 0 Å². The smallest absolute Gasteiger partial charge is 0.322 e. The predicted octanol–water partition coefficient (Wildman–Crippen LogP) is 3.03. The average molecular weight is 454 g/mol. The Hall–Kier alpha value is -3.60. The van der Waals surface area contributed by atoms with Gasteiger partial charge in [0, 0.05) is 0 Å². The van der Waals surface area contributed by atoms with Crippen LogP contribution < -0.4 is 10.7 Å². The Balaban J connectivity index is 1.45. The lowest BCUT2D eigenvalue weighted by atomic mass is 9.82. The monoisotopic (exact) mass is 454 g/mol. The van der Waals surface area contributed by atoms with Gasteiger partial charge >= 0.3 is 11.9 Å². The molecule has 0 radical (unpaired) electrons. The lowest BCUT2D eigenvalue weighted by Gasteiger charge is -2.30. The van der Waals surface area contributed by atoms with Crippen molar-refractivity contribution < 1.29 is 18.8 Å². The molecule has 2 aliphatic rings. The molecule has 5 rings (SSSR count). The first-order chi connectivity index (χ1) is 15.5. The molecule has 3 aromatic rings. The van der Waals surface area contributed by atoms with Crippen LogP contribution in [-0.4, -0.2) is 43.2 Å². The van der Waals surface area contributed by atoms with Crippen LogP contribution in [0.1, 0.15) is 42.7 Å². The van der Waals surface area contributed by atoms with Crippen LogP contribution >= 0.6 is 11.3 Å². The maximum absolute atomic E-state index is 13.8. The molecule has 0 atom stereocenters. The van der Waals surface area contributed by atoms with Crippen molar-refractivity contribution in [1.82, 2.24) is 30.5 Å². The summed E-state index contributed by atoms with van der Waals surface area (Å²) < 4.78 is 15.2. The van der Waals surface area contributed by atoms with E-state index >= 15 is 0 Å². The van der Waals surface area contributed by atoms with E-state index in [1.54, 1.807) is 12.1 Å². The summed E-state index contributed by atoms with van der Waals surface area (Å²) in [4.78, 5) is 43.3. The summed E-state index contributed by atoms with van der Waals surface area (Å²) in [6, 6.07) is 8.70. The zero-order valence-corrected chi connectivity index (χ0v) is 17.7. The summed E-state index contributed by atoms with van der Waals surface area (Å²) in [7, 11) is 0. The number of urea groups is 1. The highest BCUT2D eigenvalue weighted by atomic mass is 32.1. The van der Waals surface area contributed by atoms with E-state index in [-0.39, 0.29) is 5.82 Å². The first-order valence-electron chi connectivity index (χ1n) is 10.2. The van der Waals surface area contributed by atoms with E-state index in [0.29, 0.717) is 29.4 Å². The highest BCUT2D eigenvalue weighted by Crippen LogP contribution is 2.33. The highest BCUT2D eigenvalue weighted by molar-refractivity contribution is 7.13. The molecule has 1 spiro atoms. The van der Waals surface area contributed by atoms with Gasteiger partial charge in [-0.2, -0.15) is 5.01 Å². The number of hydrogen-bond donors (Lipinski definition) is 2. The van der Waals surface area contributed by atoms with E-state index in [4.69, 9.17) is 0 Å². The third kappa shape index (κ3) is 3.44. The zero-order valence-electron chi connectivity index (χ0n) is 16.9. The summed E-state index contributed by atoms with van der Waals surface area (Å²) >= 11 is 1.38. The standard InChI is InChI=1S/C21H19FN6O3S/c22-13-6-4-7-14(12-13)27-17(15-8-5-11-32-15)23-16(25-27)18(29)26-28-19(30)21(24-20(28)31)9-2-1-3-10-21/h4-8,11-12H,1-3,9-10H2,(H,24,31)(H,26,29). The van der Waals surface area contributed by atoms with E-state index in [2.05, 4.69) is 20.8 Å². The molecule has 3 heterocycles. The number of carbonyl (C=O) groups excluding carboxylic acids is 3. The van der Waals surface area contributed by atoms with E-state index in [0.717, 1.165) is 24.1 Å². The maximum Gasteiger partial charge on any atom is 0.344 e. The Kier molecular flexibility index (Phi) is 4.97. The second kappa shape index (κ2) is 7.83. The number of halogens is 1. The molecule has 2 fully saturated rings. The number of rotatable bonds is 4. The van der Waals surface area contributed by atoms with Gasteiger partial charge in [-0.1, -0.05) is 31.4 Å². The number of benzene rings is 1. The minimum atomic E-state index is -0.959. The summed E-state index contributed by atoms with van der Waals surface area (Å²) in [5, 5.41) is 9.52. The highest BCUT2D eigenvalue weighted by Gasteiger charge is 2.52. The van der Waals surface area contributed by atoms with E-state index < -0.39 is 29.2 Å². The van der Waals surface area contributed by atoms with Gasteiger partial charge < -0.3 is 5.32 Å². The second-order valence-corrected chi connectivity index (χ2v) is 8.73. The van der Waals surface area contributed by atoms with Crippen molar-refractivity contribution in [2.75, 3.05) is 0 Å². The summed E-state index contributed by atoms with van der Waals surface area (Å²) in [5.41, 5.74) is 1.76. The van der Waals surface area contributed by atoms with Gasteiger partial charge in [-0.05, 0) is 42.5 Å². The number of hydrazine groups is 1. The maximum atomic E-state index is 13.8. The molecule has 164 valence electrons. The number of thiophene rings is 1. The Labute approximate surface area is 186 Å². The first kappa shape index (κ1) is 20.3. The number of nitrogens with one attached hydrogen (secondary N) is 2. The van der Waals surface area contributed by atoms with E-state index in [1.165, 1.54) is 34.2 Å². The number of carbonyl (C=O) groups is 3. The van der Waals surface area contributed by atoms with E-state index in [1.807, 2.05) is 11.4 Å². The quantitative estimate of drug-likeness (QED) is 0.589. The third-order valence-electron chi connectivity index (χ3n) is 5.69. The number of hydrogen-bond acceptors (Lipinski definition) is 6. The fraction of sp³-hybridized carbons (Fsp3) is 0.286. The van der Waals surface area contributed by atoms with Crippen molar-refractivity contribution in [2.24, 2.45) is 0 Å². The summed E-state index contributed by atoms with van der Waals surface area (Å²) in [5.74, 6) is -1.65. The van der Waals surface area contributed by atoms with Crippen LogP contribution in [0.3, 0.4) is 0 Å². The van der Waals surface area contributed by atoms with Crippen LogP contribution in [-0.2, 0) is 4.79 Å². The Morgan fingerprint density at radius 3 is 2.69 bits per heavy atom. The van der Waals surface area contributed by atoms with Crippen LogP contribution in [0.15, 0.2) is 41.8 Å². The van der Waals surface area contributed by atoms with Crippen molar-refractivity contribution in [1.29, 1.82) is 0 Å². The molecule has 1 saturated heterocycles. The van der Waals surface area contributed by atoms with Gasteiger partial charge in [0.05, 0.1) is 10.6 Å². The molecule has 11 heteroatoms. The van der Waals surface area contributed by atoms with Crippen molar-refractivity contribution >= 4 is 29.2 Å². The van der Waals surface area contributed by atoms with Crippen molar-refractivity contribution in [3.8, 4) is 16.4 Å². The first-order valence-corrected chi connectivity index (χ1v) is 11.1. The molecular weight excluding hydrogens is 435 g/mol. The molecular formula is C21H19FN6O3S. The molecule has 4 amide bonds. The molecule has 0 unspecified atom stereocenters. The van der Waals surface area contributed by atoms with Gasteiger partial charge in [0.25, 0.3) is 5.91 Å². The van der Waals surface area contributed by atoms with Crippen LogP contribution in [0, 0.1) is 5.82 Å². The number of imide groups is 1. The van der Waals surface area contributed by atoms with E-state index in [9.17, 15) is 18.8 Å². The molecule has 2 N–H and O–H groups in total. The second-order valence-electron chi connectivity index (χ2n) is 7.78. The molecule has 2 aromatic heterocycles. The molecule has 1 aliphatic carbocycles. The average Bonchev–Trinajstić information content (AvgIpc) is 3.51. The van der Waals surface area contributed by atoms with Gasteiger partial charge in [-0.3, -0.25) is 9.59 Å². The minimum absolute atomic E-state index is 0.247. The number of amides is 4. The van der Waals surface area contributed by atoms with Crippen molar-refractivity contribution in [3.05, 3.63) is 53.4 Å². The van der Waals surface area contributed by atoms with Gasteiger partial charge in [0.1, 0.15) is 11.4 Å². The van der Waals surface area contributed by atoms with Gasteiger partial charge in [0.15, 0.2) is 5.82 Å². The Bertz CT molecular complexity index is 1200. The molecule has 0 bridgehead atoms. The van der Waals surface area contributed by atoms with Crippen LogP contribution in [0.4, 0.5) is 9.18 Å². The number of nitrogens with zero attached hydrogens (tertiary/aromatic N) is 4. The predicted molar refractivity (Wildman–Crippen MR) is 113 cm³/mol. The zero-order chi connectivity index (χ0) is 22.3. The largest absolute Gasteiger partial charge is 0.344 e. The molecule has 9 nitrogen and oxygen atoms in total. The Morgan fingerprint density at radius 1 is 1.16 bits per heavy atom. The normalized spacial score (nSPS) is 17.6. The molecule has 1 saturated carbocycles. The SMILES string of the molecule is O=C(NN1C(=O)NC2(CCCCC2)C1=O)c1nc(-c2cccs2)n(-c2cccc(F)c2)n1. The van der Waals surface area contributed by atoms with Crippen LogP contribution in [0.5, 0.6) is 0 Å². The van der Waals surface area contributed by atoms with Gasteiger partial charge in [-0.15, -0.1) is 16.4 Å².